The summed E-state index contributed by atoms with van der Waals surface area (Å²) in [7, 11) is 0. The molecule has 5 nitrogen and oxygen atoms in total. The summed E-state index contributed by atoms with van der Waals surface area (Å²) < 4.78 is 0. The Labute approximate surface area is 364 Å². The molecular formula is C53H107NO4. The molecule has 0 radical (unpaired) electrons. The zero-order valence-corrected chi connectivity index (χ0v) is 39.7. The average Bonchev–Trinajstić information content (AvgIpc) is 3.22. The Morgan fingerprint density at radius 2 is 0.586 bits per heavy atom. The smallest absolute Gasteiger partial charge is 0.222 e. The van der Waals surface area contributed by atoms with E-state index in [4.69, 9.17) is 0 Å². The van der Waals surface area contributed by atoms with Gasteiger partial charge in [-0.15, -0.1) is 0 Å². The Hall–Kier alpha value is -0.650. The van der Waals surface area contributed by atoms with Crippen LogP contribution in [0.15, 0.2) is 0 Å². The van der Waals surface area contributed by atoms with Gasteiger partial charge in [0.1, 0.15) is 0 Å². The summed E-state index contributed by atoms with van der Waals surface area (Å²) in [6.07, 6.45) is 58.2. The lowest BCUT2D eigenvalue weighted by molar-refractivity contribution is -0.125. The molecule has 0 aliphatic heterocycles. The molecule has 0 aromatic rings. The van der Waals surface area contributed by atoms with E-state index in [0.717, 1.165) is 25.7 Å². The van der Waals surface area contributed by atoms with Gasteiger partial charge < -0.3 is 20.6 Å². The molecule has 3 unspecified atom stereocenters. The molecule has 1 amide bonds. The molecule has 0 bridgehead atoms. The van der Waals surface area contributed by atoms with Crippen molar-refractivity contribution in [2.45, 2.75) is 327 Å². The van der Waals surface area contributed by atoms with Crippen LogP contribution < -0.4 is 5.32 Å². The molecule has 4 N–H and O–H groups in total. The standard InChI is InChI=1S/C53H107NO4/c1-3-5-7-9-11-13-15-17-19-21-23-24-25-26-27-29-31-33-35-37-39-41-43-45-47-52(57)51(49-55)54-53(58)48-50(56)46-44-42-40-38-36-34-32-30-28-22-20-18-16-14-12-10-8-6-4-2/h50-52,55-57H,3-49H2,1-2H3,(H,54,58). The third-order valence-corrected chi connectivity index (χ3v) is 12.9. The summed E-state index contributed by atoms with van der Waals surface area (Å²) in [6, 6.07) is -0.654. The van der Waals surface area contributed by atoms with Crippen molar-refractivity contribution in [3.8, 4) is 0 Å². The molecule has 58 heavy (non-hydrogen) atoms. The van der Waals surface area contributed by atoms with Crippen LogP contribution in [0, 0.1) is 0 Å². The van der Waals surface area contributed by atoms with E-state index >= 15 is 0 Å². The predicted molar refractivity (Wildman–Crippen MR) is 255 cm³/mol. The summed E-state index contributed by atoms with van der Waals surface area (Å²) in [4.78, 5) is 12.5. The molecule has 0 fully saturated rings. The number of hydrogen-bond donors (Lipinski definition) is 4. The predicted octanol–water partition coefficient (Wildman–Crippen LogP) is 16.2. The highest BCUT2D eigenvalue weighted by Gasteiger charge is 2.21. The van der Waals surface area contributed by atoms with Crippen molar-refractivity contribution in [2.24, 2.45) is 0 Å². The monoisotopic (exact) mass is 822 g/mol. The highest BCUT2D eigenvalue weighted by molar-refractivity contribution is 5.76. The molecule has 0 aliphatic carbocycles. The maximum absolute atomic E-state index is 12.5. The lowest BCUT2D eigenvalue weighted by Gasteiger charge is -2.23. The third-order valence-electron chi connectivity index (χ3n) is 12.9. The Balaban J connectivity index is 3.51. The van der Waals surface area contributed by atoms with Crippen LogP contribution in [0.4, 0.5) is 0 Å². The van der Waals surface area contributed by atoms with Crippen LogP contribution in [-0.2, 0) is 4.79 Å². The molecule has 0 heterocycles. The topological polar surface area (TPSA) is 89.8 Å². The van der Waals surface area contributed by atoms with Gasteiger partial charge >= 0.3 is 0 Å². The van der Waals surface area contributed by atoms with Gasteiger partial charge in [0.25, 0.3) is 0 Å². The quantitative estimate of drug-likeness (QED) is 0.0460. The highest BCUT2D eigenvalue weighted by Crippen LogP contribution is 2.18. The third kappa shape index (κ3) is 44.9. The maximum Gasteiger partial charge on any atom is 0.222 e. The number of unbranched alkanes of at least 4 members (excludes halogenated alkanes) is 41. The lowest BCUT2D eigenvalue weighted by atomic mass is 10.0. The normalized spacial score (nSPS) is 13.3. The first-order chi connectivity index (χ1) is 28.5. The van der Waals surface area contributed by atoms with Crippen molar-refractivity contribution in [1.82, 2.24) is 5.32 Å². The van der Waals surface area contributed by atoms with Gasteiger partial charge in [0.05, 0.1) is 31.3 Å². The first-order valence-corrected chi connectivity index (χ1v) is 26.8. The Morgan fingerprint density at radius 3 is 0.828 bits per heavy atom. The zero-order chi connectivity index (χ0) is 42.3. The van der Waals surface area contributed by atoms with E-state index in [-0.39, 0.29) is 18.9 Å². The van der Waals surface area contributed by atoms with Crippen LogP contribution in [0.2, 0.25) is 0 Å². The minimum Gasteiger partial charge on any atom is -0.394 e. The van der Waals surface area contributed by atoms with E-state index in [2.05, 4.69) is 19.2 Å². The second kappa shape index (κ2) is 49.0. The zero-order valence-electron chi connectivity index (χ0n) is 39.7. The van der Waals surface area contributed by atoms with Crippen molar-refractivity contribution in [3.05, 3.63) is 0 Å². The fourth-order valence-corrected chi connectivity index (χ4v) is 8.82. The van der Waals surface area contributed by atoms with Crippen LogP contribution in [0.5, 0.6) is 0 Å². The van der Waals surface area contributed by atoms with Crippen molar-refractivity contribution < 1.29 is 20.1 Å². The number of nitrogens with one attached hydrogen (secondary N) is 1. The van der Waals surface area contributed by atoms with Crippen molar-refractivity contribution >= 4 is 5.91 Å². The molecule has 5 heteroatoms. The first kappa shape index (κ1) is 57.3. The number of carbonyl (C=O) groups excluding carboxylic acids is 1. The van der Waals surface area contributed by atoms with Gasteiger partial charge in [-0.1, -0.05) is 290 Å². The van der Waals surface area contributed by atoms with Gasteiger partial charge in [0.2, 0.25) is 5.91 Å². The van der Waals surface area contributed by atoms with Gasteiger partial charge in [-0.2, -0.15) is 0 Å². The highest BCUT2D eigenvalue weighted by atomic mass is 16.3. The molecular weight excluding hydrogens is 715 g/mol. The molecule has 3 atom stereocenters. The minimum atomic E-state index is -0.745. The second-order valence-corrected chi connectivity index (χ2v) is 18.9. The van der Waals surface area contributed by atoms with E-state index < -0.39 is 18.2 Å². The summed E-state index contributed by atoms with van der Waals surface area (Å²) in [5.41, 5.74) is 0. The van der Waals surface area contributed by atoms with E-state index in [1.54, 1.807) is 0 Å². The van der Waals surface area contributed by atoms with E-state index in [1.807, 2.05) is 0 Å². The van der Waals surface area contributed by atoms with Gasteiger partial charge in [-0.05, 0) is 12.8 Å². The van der Waals surface area contributed by atoms with Crippen molar-refractivity contribution in [3.63, 3.8) is 0 Å². The molecule has 0 saturated heterocycles. The minimum absolute atomic E-state index is 0.0434. The fourth-order valence-electron chi connectivity index (χ4n) is 8.82. The average molecular weight is 822 g/mol. The molecule has 0 aromatic carbocycles. The number of hydrogen-bond acceptors (Lipinski definition) is 4. The number of rotatable bonds is 50. The molecule has 0 saturated carbocycles. The number of aliphatic hydroxyl groups excluding tert-OH is 3. The molecule has 348 valence electrons. The van der Waals surface area contributed by atoms with Gasteiger partial charge in [0, 0.05) is 0 Å². The largest absolute Gasteiger partial charge is 0.394 e. The van der Waals surface area contributed by atoms with Crippen LogP contribution in [0.25, 0.3) is 0 Å². The summed E-state index contributed by atoms with van der Waals surface area (Å²) >= 11 is 0. The van der Waals surface area contributed by atoms with Gasteiger partial charge in [0.15, 0.2) is 0 Å². The molecule has 0 rings (SSSR count). The Kier molecular flexibility index (Phi) is 48.5. The fraction of sp³-hybridized carbons (Fsp3) is 0.981. The van der Waals surface area contributed by atoms with E-state index in [0.29, 0.717) is 12.8 Å². The molecule has 0 aliphatic rings. The van der Waals surface area contributed by atoms with E-state index in [9.17, 15) is 20.1 Å². The summed E-state index contributed by atoms with van der Waals surface area (Å²) in [5.74, 6) is -0.275. The number of carbonyl (C=O) groups is 1. The van der Waals surface area contributed by atoms with Gasteiger partial charge in [-0.25, -0.2) is 0 Å². The van der Waals surface area contributed by atoms with Crippen molar-refractivity contribution in [1.29, 1.82) is 0 Å². The van der Waals surface area contributed by atoms with Crippen LogP contribution >= 0.6 is 0 Å². The number of amides is 1. The van der Waals surface area contributed by atoms with Crippen LogP contribution in [0.1, 0.15) is 309 Å². The lowest BCUT2D eigenvalue weighted by Crippen LogP contribution is -2.46. The maximum atomic E-state index is 12.5. The van der Waals surface area contributed by atoms with Crippen LogP contribution in [-0.4, -0.2) is 46.1 Å². The summed E-state index contributed by atoms with van der Waals surface area (Å²) in [6.45, 7) is 4.31. The van der Waals surface area contributed by atoms with Gasteiger partial charge in [-0.3, -0.25) is 4.79 Å². The molecule has 0 aromatic heterocycles. The van der Waals surface area contributed by atoms with Crippen molar-refractivity contribution in [2.75, 3.05) is 6.61 Å². The molecule has 0 spiro atoms. The SMILES string of the molecule is CCCCCCCCCCCCCCCCCCCCCCCCCCC(O)C(CO)NC(=O)CC(O)CCCCCCCCCCCCCCCCCCCCC. The first-order valence-electron chi connectivity index (χ1n) is 26.8. The Bertz CT molecular complexity index is 777. The van der Waals surface area contributed by atoms with E-state index in [1.165, 1.54) is 250 Å². The second-order valence-electron chi connectivity index (χ2n) is 18.9. The number of aliphatic hydroxyl groups is 3. The van der Waals surface area contributed by atoms with Crippen LogP contribution in [0.3, 0.4) is 0 Å². The summed E-state index contributed by atoms with van der Waals surface area (Å²) in [5, 5.41) is 33.6. The Morgan fingerprint density at radius 1 is 0.362 bits per heavy atom.